The summed E-state index contributed by atoms with van der Waals surface area (Å²) in [6.07, 6.45) is 1.67. The lowest BCUT2D eigenvalue weighted by atomic mass is 9.86. The van der Waals surface area contributed by atoms with E-state index in [9.17, 15) is 9.59 Å². The van der Waals surface area contributed by atoms with Gasteiger partial charge in [0.05, 0.1) is 5.56 Å². The number of rotatable bonds is 5. The molecule has 3 aromatic carbocycles. The fourth-order valence-electron chi connectivity index (χ4n) is 6.39. The molecule has 0 aliphatic carbocycles. The number of benzene rings is 3. The van der Waals surface area contributed by atoms with Gasteiger partial charge in [0.1, 0.15) is 23.0 Å². The fraction of sp³-hybridized carbons (Fsp3) is 0.278. The number of ketones is 1. The van der Waals surface area contributed by atoms with Crippen molar-refractivity contribution in [2.75, 3.05) is 43.4 Å². The summed E-state index contributed by atoms with van der Waals surface area (Å²) in [5, 5.41) is 4.32. The molecule has 5 aromatic rings. The lowest BCUT2D eigenvalue weighted by molar-refractivity contribution is 0.0305. The van der Waals surface area contributed by atoms with E-state index in [0.717, 1.165) is 43.1 Å². The van der Waals surface area contributed by atoms with E-state index in [4.69, 9.17) is 21.3 Å². The quantitative estimate of drug-likeness (QED) is 0.234. The standard InChI is InChI=1S/C36H35ClN6O3/c1-22-9-14-26(29(37)19-22)28-20-23-21-38-35(39-24-10-12-25(13-11-24)42-17-15-41(4)16-18-42)40-33(23)43(34(28)45)32-31(44)27-7-5-6-8-30(27)46-36(32,2)3/h5-14,19-21,32H,15-18H2,1-4H3,(H,38,39,40). The Morgan fingerprint density at radius 1 is 0.913 bits per heavy atom. The van der Waals surface area contributed by atoms with Gasteiger partial charge in [-0.05, 0) is 81.9 Å². The van der Waals surface area contributed by atoms with Crippen LogP contribution in [-0.4, -0.2) is 64.0 Å². The van der Waals surface area contributed by atoms with Crippen molar-refractivity contribution in [3.8, 4) is 16.9 Å². The van der Waals surface area contributed by atoms with Gasteiger partial charge in [-0.2, -0.15) is 4.98 Å². The number of fused-ring (bicyclic) bond motifs is 2. The Kier molecular flexibility index (Phi) is 7.53. The first-order valence-electron chi connectivity index (χ1n) is 15.4. The van der Waals surface area contributed by atoms with Crippen molar-refractivity contribution in [3.63, 3.8) is 0 Å². The molecule has 234 valence electrons. The molecule has 2 aliphatic rings. The summed E-state index contributed by atoms with van der Waals surface area (Å²) in [4.78, 5) is 42.9. The Bertz CT molecular complexity index is 2030. The number of piperazine rings is 1. The third-order valence-corrected chi connectivity index (χ3v) is 9.18. The molecule has 1 saturated heterocycles. The van der Waals surface area contributed by atoms with Gasteiger partial charge in [0, 0.05) is 65.3 Å². The summed E-state index contributed by atoms with van der Waals surface area (Å²) >= 11 is 6.67. The van der Waals surface area contributed by atoms with Crippen molar-refractivity contribution in [1.29, 1.82) is 0 Å². The Hall–Kier alpha value is -4.73. The van der Waals surface area contributed by atoms with E-state index in [-0.39, 0.29) is 5.78 Å². The molecule has 2 aliphatic heterocycles. The van der Waals surface area contributed by atoms with Crippen molar-refractivity contribution in [3.05, 3.63) is 105 Å². The summed E-state index contributed by atoms with van der Waals surface area (Å²) in [6.45, 7) is 9.59. The predicted octanol–water partition coefficient (Wildman–Crippen LogP) is 6.51. The zero-order valence-corrected chi connectivity index (χ0v) is 27.0. The molecule has 4 heterocycles. The van der Waals surface area contributed by atoms with Crippen LogP contribution in [0.1, 0.15) is 35.8 Å². The van der Waals surface area contributed by atoms with E-state index in [1.807, 2.05) is 57.2 Å². The van der Waals surface area contributed by atoms with Crippen molar-refractivity contribution in [1.82, 2.24) is 19.4 Å². The Balaban J connectivity index is 1.34. The predicted molar refractivity (Wildman–Crippen MR) is 183 cm³/mol. The minimum Gasteiger partial charge on any atom is -0.484 e. The van der Waals surface area contributed by atoms with Crippen LogP contribution in [0.25, 0.3) is 22.2 Å². The second-order valence-electron chi connectivity index (χ2n) is 12.6. The van der Waals surface area contributed by atoms with Gasteiger partial charge in [0.25, 0.3) is 5.56 Å². The third kappa shape index (κ3) is 5.39. The zero-order chi connectivity index (χ0) is 32.2. The maximum atomic E-state index is 14.6. The van der Waals surface area contributed by atoms with Gasteiger partial charge in [-0.15, -0.1) is 0 Å². The molecule has 0 bridgehead atoms. The van der Waals surface area contributed by atoms with Crippen LogP contribution < -0.4 is 20.5 Å². The van der Waals surface area contributed by atoms with E-state index in [1.54, 1.807) is 30.5 Å². The van der Waals surface area contributed by atoms with E-state index in [2.05, 4.69) is 39.3 Å². The highest BCUT2D eigenvalue weighted by atomic mass is 35.5. The summed E-state index contributed by atoms with van der Waals surface area (Å²) in [5.74, 6) is 0.562. The fourth-order valence-corrected chi connectivity index (χ4v) is 6.73. The molecule has 0 radical (unpaired) electrons. The molecule has 1 unspecified atom stereocenters. The van der Waals surface area contributed by atoms with Crippen LogP contribution in [0, 0.1) is 6.92 Å². The van der Waals surface area contributed by atoms with Crippen molar-refractivity contribution >= 4 is 45.7 Å². The molecule has 1 fully saturated rings. The van der Waals surface area contributed by atoms with Gasteiger partial charge in [0.2, 0.25) is 5.95 Å². The molecule has 2 aromatic heterocycles. The van der Waals surface area contributed by atoms with Gasteiger partial charge >= 0.3 is 0 Å². The van der Waals surface area contributed by atoms with E-state index < -0.39 is 17.2 Å². The highest BCUT2D eigenvalue weighted by Gasteiger charge is 2.46. The Morgan fingerprint density at radius 3 is 2.39 bits per heavy atom. The molecule has 1 atom stereocenters. The van der Waals surface area contributed by atoms with E-state index in [1.165, 1.54) is 4.57 Å². The summed E-state index contributed by atoms with van der Waals surface area (Å²) in [5.41, 5.74) is 3.12. The molecule has 9 nitrogen and oxygen atoms in total. The van der Waals surface area contributed by atoms with E-state index in [0.29, 0.717) is 44.4 Å². The van der Waals surface area contributed by atoms with Crippen LogP contribution in [0.3, 0.4) is 0 Å². The number of nitrogens with one attached hydrogen (secondary N) is 1. The van der Waals surface area contributed by atoms with Crippen LogP contribution in [0.5, 0.6) is 5.75 Å². The summed E-state index contributed by atoms with van der Waals surface area (Å²) < 4.78 is 7.83. The number of hydrogen-bond acceptors (Lipinski definition) is 8. The number of carbonyl (C=O) groups excluding carboxylic acids is 1. The molecular weight excluding hydrogens is 600 g/mol. The molecule has 0 amide bonds. The number of halogens is 1. The topological polar surface area (TPSA) is 92.6 Å². The van der Waals surface area contributed by atoms with Gasteiger partial charge in [-0.3, -0.25) is 14.2 Å². The molecular formula is C36H35ClN6O3. The van der Waals surface area contributed by atoms with Gasteiger partial charge < -0.3 is 19.9 Å². The lowest BCUT2D eigenvalue weighted by Gasteiger charge is -2.39. The zero-order valence-electron chi connectivity index (χ0n) is 26.3. The number of aryl methyl sites for hydroxylation is 1. The Labute approximate surface area is 272 Å². The molecule has 0 spiro atoms. The number of anilines is 3. The van der Waals surface area contributed by atoms with E-state index >= 15 is 0 Å². The maximum absolute atomic E-state index is 14.6. The minimum atomic E-state index is -1.07. The monoisotopic (exact) mass is 634 g/mol. The van der Waals surface area contributed by atoms with Crippen molar-refractivity contribution < 1.29 is 9.53 Å². The maximum Gasteiger partial charge on any atom is 0.260 e. The molecule has 1 N–H and O–H groups in total. The average Bonchev–Trinajstić information content (AvgIpc) is 3.03. The first-order valence-corrected chi connectivity index (χ1v) is 15.8. The number of para-hydroxylation sites is 1. The lowest BCUT2D eigenvalue weighted by Crippen LogP contribution is -2.50. The highest BCUT2D eigenvalue weighted by molar-refractivity contribution is 6.33. The third-order valence-electron chi connectivity index (χ3n) is 8.87. The first-order chi connectivity index (χ1) is 22.1. The summed E-state index contributed by atoms with van der Waals surface area (Å²) in [7, 11) is 2.14. The second-order valence-corrected chi connectivity index (χ2v) is 13.0. The van der Waals surface area contributed by atoms with Crippen molar-refractivity contribution in [2.24, 2.45) is 0 Å². The smallest absolute Gasteiger partial charge is 0.260 e. The SMILES string of the molecule is Cc1ccc(-c2cc3cnc(Nc4ccc(N5CCN(C)CC5)cc4)nc3n(C3C(=O)c4ccccc4OC3(C)C)c2=O)c(Cl)c1. The number of pyridine rings is 1. The van der Waals surface area contributed by atoms with Crippen molar-refractivity contribution in [2.45, 2.75) is 32.4 Å². The van der Waals surface area contributed by atoms with Crippen LogP contribution in [0.15, 0.2) is 83.8 Å². The van der Waals surface area contributed by atoms with Crippen LogP contribution in [0.2, 0.25) is 5.02 Å². The van der Waals surface area contributed by atoms with Gasteiger partial charge in [-0.1, -0.05) is 35.9 Å². The van der Waals surface area contributed by atoms with Crippen LogP contribution in [-0.2, 0) is 0 Å². The number of ether oxygens (including phenoxy) is 1. The largest absolute Gasteiger partial charge is 0.484 e. The number of nitrogens with zero attached hydrogens (tertiary/aromatic N) is 5. The summed E-state index contributed by atoms with van der Waals surface area (Å²) in [6, 6.07) is 21.6. The molecule has 46 heavy (non-hydrogen) atoms. The van der Waals surface area contributed by atoms with Gasteiger partial charge in [-0.25, -0.2) is 4.98 Å². The number of carbonyl (C=O) groups is 1. The van der Waals surface area contributed by atoms with Crippen LogP contribution >= 0.6 is 11.6 Å². The average molecular weight is 635 g/mol. The minimum absolute atomic E-state index is 0.227. The van der Waals surface area contributed by atoms with Gasteiger partial charge in [0.15, 0.2) is 5.78 Å². The number of hydrogen-bond donors (Lipinski definition) is 1. The normalized spacial score (nSPS) is 17.9. The highest BCUT2D eigenvalue weighted by Crippen LogP contribution is 2.41. The first kappa shape index (κ1) is 30.0. The number of likely N-dealkylation sites (N-methyl/N-ethyl adjacent to an activating group) is 1. The molecule has 10 heteroatoms. The number of aromatic nitrogens is 3. The number of Topliss-reactive ketones (excluding diaryl/α,β-unsaturated/α-hetero) is 1. The second kappa shape index (κ2) is 11.6. The Morgan fingerprint density at radius 2 is 1.65 bits per heavy atom. The van der Waals surface area contributed by atoms with Crippen LogP contribution in [0.4, 0.5) is 17.3 Å². The molecule has 7 rings (SSSR count). The molecule has 0 saturated carbocycles.